The standard InChI is InChI=1S/C16H27N/c1-3-13-17-14-15(2)9-7-8-12-16-10-5-4-6-11-16/h4-6,10-11,15,17H,3,7-9,12-14H2,1-2H3. The van der Waals surface area contributed by atoms with E-state index in [9.17, 15) is 0 Å². The van der Waals surface area contributed by atoms with E-state index < -0.39 is 0 Å². The average molecular weight is 233 g/mol. The maximum absolute atomic E-state index is 3.49. The molecule has 1 heteroatoms. The molecule has 0 aliphatic carbocycles. The molecule has 1 rings (SSSR count). The number of aryl methyl sites for hydroxylation is 1. The van der Waals surface area contributed by atoms with Crippen molar-refractivity contribution in [3.8, 4) is 0 Å². The van der Waals surface area contributed by atoms with Gasteiger partial charge in [-0.3, -0.25) is 0 Å². The molecule has 1 nitrogen and oxygen atoms in total. The summed E-state index contributed by atoms with van der Waals surface area (Å²) in [7, 11) is 0. The van der Waals surface area contributed by atoms with Crippen LogP contribution in [0.25, 0.3) is 0 Å². The number of hydrogen-bond acceptors (Lipinski definition) is 1. The molecule has 1 aromatic rings. The zero-order valence-electron chi connectivity index (χ0n) is 11.4. The van der Waals surface area contributed by atoms with E-state index in [0.717, 1.165) is 12.5 Å². The van der Waals surface area contributed by atoms with Crippen LogP contribution in [0.2, 0.25) is 0 Å². The van der Waals surface area contributed by atoms with Crippen molar-refractivity contribution in [1.82, 2.24) is 5.32 Å². The lowest BCUT2D eigenvalue weighted by molar-refractivity contribution is 0.459. The Morgan fingerprint density at radius 3 is 2.59 bits per heavy atom. The molecule has 0 spiro atoms. The highest BCUT2D eigenvalue weighted by atomic mass is 14.8. The number of benzene rings is 1. The molecule has 0 aromatic heterocycles. The van der Waals surface area contributed by atoms with E-state index in [0.29, 0.717) is 0 Å². The van der Waals surface area contributed by atoms with Gasteiger partial charge >= 0.3 is 0 Å². The molecule has 1 aromatic carbocycles. The fourth-order valence-electron chi connectivity index (χ4n) is 2.09. The van der Waals surface area contributed by atoms with Crippen molar-refractivity contribution in [2.45, 2.75) is 46.0 Å². The number of rotatable bonds is 9. The molecule has 0 bridgehead atoms. The lowest BCUT2D eigenvalue weighted by Crippen LogP contribution is -2.21. The van der Waals surface area contributed by atoms with Crippen molar-refractivity contribution in [2.75, 3.05) is 13.1 Å². The summed E-state index contributed by atoms with van der Waals surface area (Å²) in [6, 6.07) is 10.8. The Balaban J connectivity index is 2.00. The molecule has 0 saturated carbocycles. The zero-order chi connectivity index (χ0) is 12.3. The Hall–Kier alpha value is -0.820. The van der Waals surface area contributed by atoms with Crippen LogP contribution in [0.3, 0.4) is 0 Å². The van der Waals surface area contributed by atoms with Crippen molar-refractivity contribution in [3.63, 3.8) is 0 Å². The Labute approximate surface area is 107 Å². The summed E-state index contributed by atoms with van der Waals surface area (Å²) >= 11 is 0. The van der Waals surface area contributed by atoms with Gasteiger partial charge in [0.25, 0.3) is 0 Å². The van der Waals surface area contributed by atoms with Crippen LogP contribution >= 0.6 is 0 Å². The minimum absolute atomic E-state index is 0.817. The number of hydrogen-bond donors (Lipinski definition) is 1. The van der Waals surface area contributed by atoms with Crippen molar-refractivity contribution in [2.24, 2.45) is 5.92 Å². The Morgan fingerprint density at radius 1 is 1.12 bits per heavy atom. The fourth-order valence-corrected chi connectivity index (χ4v) is 2.09. The van der Waals surface area contributed by atoms with Crippen molar-refractivity contribution >= 4 is 0 Å². The first-order valence-electron chi connectivity index (χ1n) is 7.07. The summed E-state index contributed by atoms with van der Waals surface area (Å²) in [5.41, 5.74) is 1.48. The van der Waals surface area contributed by atoms with Crippen LogP contribution in [0.15, 0.2) is 30.3 Å². The summed E-state index contributed by atoms with van der Waals surface area (Å²) in [6.45, 7) is 6.91. The molecule has 96 valence electrons. The van der Waals surface area contributed by atoms with Gasteiger partial charge < -0.3 is 5.32 Å². The van der Waals surface area contributed by atoms with Crippen LogP contribution in [0.5, 0.6) is 0 Å². The second-order valence-electron chi connectivity index (χ2n) is 5.04. The van der Waals surface area contributed by atoms with Gasteiger partial charge in [0.2, 0.25) is 0 Å². The molecular weight excluding hydrogens is 206 g/mol. The van der Waals surface area contributed by atoms with Crippen molar-refractivity contribution in [1.29, 1.82) is 0 Å². The second kappa shape index (κ2) is 9.23. The molecule has 0 aliphatic rings. The van der Waals surface area contributed by atoms with Gasteiger partial charge in [-0.05, 0) is 50.3 Å². The van der Waals surface area contributed by atoms with Gasteiger partial charge in [-0.1, -0.05) is 50.6 Å². The first-order chi connectivity index (χ1) is 8.33. The summed E-state index contributed by atoms with van der Waals surface area (Å²) in [6.07, 6.45) is 6.49. The molecule has 1 unspecified atom stereocenters. The maximum atomic E-state index is 3.49. The molecule has 0 amide bonds. The van der Waals surface area contributed by atoms with Gasteiger partial charge in [0.05, 0.1) is 0 Å². The highest BCUT2D eigenvalue weighted by Crippen LogP contribution is 2.10. The summed E-state index contributed by atoms with van der Waals surface area (Å²) in [5, 5.41) is 3.49. The SMILES string of the molecule is CCCNCC(C)CCCCc1ccccc1. The van der Waals surface area contributed by atoms with Crippen LogP contribution in [0.4, 0.5) is 0 Å². The smallest absolute Gasteiger partial charge is 0.00232 e. The third-order valence-corrected chi connectivity index (χ3v) is 3.17. The third-order valence-electron chi connectivity index (χ3n) is 3.17. The lowest BCUT2D eigenvalue weighted by atomic mass is 10.0. The van der Waals surface area contributed by atoms with E-state index in [1.165, 1.54) is 44.2 Å². The topological polar surface area (TPSA) is 12.0 Å². The third kappa shape index (κ3) is 7.17. The van der Waals surface area contributed by atoms with Gasteiger partial charge in [0.15, 0.2) is 0 Å². The molecule has 1 atom stereocenters. The van der Waals surface area contributed by atoms with E-state index in [1.807, 2.05) is 0 Å². The van der Waals surface area contributed by atoms with Gasteiger partial charge in [-0.25, -0.2) is 0 Å². The van der Waals surface area contributed by atoms with Crippen molar-refractivity contribution in [3.05, 3.63) is 35.9 Å². The maximum Gasteiger partial charge on any atom is -0.00232 e. The van der Waals surface area contributed by atoms with Crippen LogP contribution in [0, 0.1) is 5.92 Å². The summed E-state index contributed by atoms with van der Waals surface area (Å²) < 4.78 is 0. The van der Waals surface area contributed by atoms with E-state index in [1.54, 1.807) is 0 Å². The largest absolute Gasteiger partial charge is 0.316 e. The molecular formula is C16H27N. The van der Waals surface area contributed by atoms with Gasteiger partial charge in [0.1, 0.15) is 0 Å². The molecule has 0 fully saturated rings. The predicted molar refractivity (Wildman–Crippen MR) is 76.3 cm³/mol. The van der Waals surface area contributed by atoms with Crippen molar-refractivity contribution < 1.29 is 0 Å². The highest BCUT2D eigenvalue weighted by Gasteiger charge is 2.01. The number of unbranched alkanes of at least 4 members (excludes halogenated alkanes) is 1. The van der Waals surface area contributed by atoms with Crippen LogP contribution < -0.4 is 5.32 Å². The Morgan fingerprint density at radius 2 is 1.88 bits per heavy atom. The first-order valence-corrected chi connectivity index (χ1v) is 7.07. The monoisotopic (exact) mass is 233 g/mol. The van der Waals surface area contributed by atoms with E-state index in [2.05, 4.69) is 49.5 Å². The molecule has 0 aliphatic heterocycles. The summed E-state index contributed by atoms with van der Waals surface area (Å²) in [5.74, 6) is 0.817. The minimum atomic E-state index is 0.817. The van der Waals surface area contributed by atoms with Gasteiger partial charge in [-0.2, -0.15) is 0 Å². The Kier molecular flexibility index (Phi) is 7.74. The molecule has 0 radical (unpaired) electrons. The van der Waals surface area contributed by atoms with Gasteiger partial charge in [-0.15, -0.1) is 0 Å². The minimum Gasteiger partial charge on any atom is -0.316 e. The quantitative estimate of drug-likeness (QED) is 0.635. The lowest BCUT2D eigenvalue weighted by Gasteiger charge is -2.11. The zero-order valence-corrected chi connectivity index (χ0v) is 11.4. The van der Waals surface area contributed by atoms with E-state index in [4.69, 9.17) is 0 Å². The van der Waals surface area contributed by atoms with Crippen LogP contribution in [-0.4, -0.2) is 13.1 Å². The van der Waals surface area contributed by atoms with E-state index in [-0.39, 0.29) is 0 Å². The normalized spacial score (nSPS) is 12.6. The first kappa shape index (κ1) is 14.2. The second-order valence-corrected chi connectivity index (χ2v) is 5.04. The molecule has 0 saturated heterocycles. The van der Waals surface area contributed by atoms with E-state index >= 15 is 0 Å². The molecule has 1 N–H and O–H groups in total. The van der Waals surface area contributed by atoms with Crippen LogP contribution in [0.1, 0.15) is 45.1 Å². The molecule has 0 heterocycles. The fraction of sp³-hybridized carbons (Fsp3) is 0.625. The average Bonchev–Trinajstić information content (AvgIpc) is 2.36. The summed E-state index contributed by atoms with van der Waals surface area (Å²) in [4.78, 5) is 0. The van der Waals surface area contributed by atoms with Gasteiger partial charge in [0, 0.05) is 0 Å². The highest BCUT2D eigenvalue weighted by molar-refractivity contribution is 5.14. The Bertz CT molecular complexity index is 268. The number of nitrogens with one attached hydrogen (secondary N) is 1. The van der Waals surface area contributed by atoms with Crippen LogP contribution in [-0.2, 0) is 6.42 Å². The predicted octanol–water partition coefficient (Wildman–Crippen LogP) is 4.04. The molecule has 17 heavy (non-hydrogen) atoms.